The van der Waals surface area contributed by atoms with Crippen LogP contribution in [0.1, 0.15) is 6.92 Å². The molecule has 0 spiro atoms. The van der Waals surface area contributed by atoms with Gasteiger partial charge in [0.1, 0.15) is 0 Å². The zero-order chi connectivity index (χ0) is 9.68. The predicted molar refractivity (Wildman–Crippen MR) is 54.7 cm³/mol. The first-order valence-corrected chi connectivity index (χ1v) is 4.74. The molecule has 0 amide bonds. The monoisotopic (exact) mass is 245 g/mol. The number of rotatable bonds is 4. The van der Waals surface area contributed by atoms with E-state index in [1.165, 1.54) is 0 Å². The van der Waals surface area contributed by atoms with Gasteiger partial charge in [-0.05, 0) is 22.9 Å². The fourth-order valence-corrected chi connectivity index (χ4v) is 1.10. The van der Waals surface area contributed by atoms with E-state index in [2.05, 4.69) is 31.2 Å². The molecule has 72 valence electrons. The Morgan fingerprint density at radius 1 is 1.54 bits per heavy atom. The molecule has 0 fully saturated rings. The first kappa shape index (κ1) is 10.4. The molecule has 1 aromatic heterocycles. The summed E-state index contributed by atoms with van der Waals surface area (Å²) in [7, 11) is 1.67. The van der Waals surface area contributed by atoms with Gasteiger partial charge >= 0.3 is 0 Å². The van der Waals surface area contributed by atoms with Crippen LogP contribution < -0.4 is 5.32 Å². The van der Waals surface area contributed by atoms with Crippen LogP contribution in [0.25, 0.3) is 0 Å². The van der Waals surface area contributed by atoms with E-state index in [9.17, 15) is 0 Å². The molecule has 0 bridgehead atoms. The van der Waals surface area contributed by atoms with Crippen LogP contribution in [0.5, 0.6) is 0 Å². The lowest BCUT2D eigenvalue weighted by Gasteiger charge is -2.11. The van der Waals surface area contributed by atoms with Crippen molar-refractivity contribution >= 4 is 21.9 Å². The second-order valence-electron chi connectivity index (χ2n) is 2.73. The third kappa shape index (κ3) is 3.69. The summed E-state index contributed by atoms with van der Waals surface area (Å²) >= 11 is 3.26. The van der Waals surface area contributed by atoms with E-state index in [0.717, 1.165) is 4.47 Å². The quantitative estimate of drug-likeness (QED) is 0.878. The number of hydrogen-bond acceptors (Lipinski definition) is 4. The highest BCUT2D eigenvalue weighted by Gasteiger charge is 2.02. The number of nitrogens with one attached hydrogen (secondary N) is 1. The largest absolute Gasteiger partial charge is 0.383 e. The van der Waals surface area contributed by atoms with Crippen molar-refractivity contribution in [2.24, 2.45) is 0 Å². The van der Waals surface area contributed by atoms with Gasteiger partial charge in [-0.2, -0.15) is 0 Å². The minimum Gasteiger partial charge on any atom is -0.383 e. The maximum Gasteiger partial charge on any atom is 0.222 e. The fourth-order valence-electron chi connectivity index (χ4n) is 0.899. The number of methoxy groups -OCH3 is 1. The van der Waals surface area contributed by atoms with Crippen LogP contribution in [0.2, 0.25) is 0 Å². The fraction of sp³-hybridized carbons (Fsp3) is 0.500. The van der Waals surface area contributed by atoms with E-state index >= 15 is 0 Å². The highest BCUT2D eigenvalue weighted by molar-refractivity contribution is 9.10. The van der Waals surface area contributed by atoms with Crippen LogP contribution in [0, 0.1) is 0 Å². The molecule has 1 atom stereocenters. The molecule has 0 aliphatic carbocycles. The molecule has 1 rings (SSSR count). The van der Waals surface area contributed by atoms with E-state index in [1.807, 2.05) is 6.92 Å². The summed E-state index contributed by atoms with van der Waals surface area (Å²) in [4.78, 5) is 8.15. The van der Waals surface area contributed by atoms with E-state index in [-0.39, 0.29) is 6.04 Å². The van der Waals surface area contributed by atoms with E-state index in [0.29, 0.717) is 12.6 Å². The Balaban J connectivity index is 2.49. The minimum absolute atomic E-state index is 0.214. The number of hydrogen-bond donors (Lipinski definition) is 1. The normalized spacial score (nSPS) is 12.5. The summed E-state index contributed by atoms with van der Waals surface area (Å²) < 4.78 is 5.84. The van der Waals surface area contributed by atoms with Gasteiger partial charge < -0.3 is 10.1 Å². The Bertz CT molecular complexity index is 252. The second kappa shape index (κ2) is 5.14. The standard InChI is InChI=1S/C8H12BrN3O/c1-6(5-13-2)12-8-10-3-7(9)4-11-8/h3-4,6H,5H2,1-2H3,(H,10,11,12). The van der Waals surface area contributed by atoms with Gasteiger partial charge in [0.05, 0.1) is 11.1 Å². The molecular formula is C8H12BrN3O. The van der Waals surface area contributed by atoms with Gasteiger partial charge in [0.15, 0.2) is 0 Å². The van der Waals surface area contributed by atoms with Crippen LogP contribution >= 0.6 is 15.9 Å². The van der Waals surface area contributed by atoms with Gasteiger partial charge in [-0.15, -0.1) is 0 Å². The van der Waals surface area contributed by atoms with E-state index < -0.39 is 0 Å². The average molecular weight is 246 g/mol. The molecule has 0 saturated heterocycles. The predicted octanol–water partition coefficient (Wildman–Crippen LogP) is 1.69. The maximum atomic E-state index is 4.97. The van der Waals surface area contributed by atoms with E-state index in [4.69, 9.17) is 4.74 Å². The highest BCUT2D eigenvalue weighted by atomic mass is 79.9. The number of halogens is 1. The molecule has 1 aromatic rings. The van der Waals surface area contributed by atoms with Gasteiger partial charge in [-0.3, -0.25) is 0 Å². The van der Waals surface area contributed by atoms with Crippen molar-refractivity contribution in [3.8, 4) is 0 Å². The minimum atomic E-state index is 0.214. The third-order valence-corrected chi connectivity index (χ3v) is 1.82. The van der Waals surface area contributed by atoms with Gasteiger partial charge in [0, 0.05) is 25.5 Å². The van der Waals surface area contributed by atoms with Crippen LogP contribution in [-0.2, 0) is 4.74 Å². The summed E-state index contributed by atoms with van der Waals surface area (Å²) in [6.45, 7) is 2.65. The smallest absolute Gasteiger partial charge is 0.222 e. The lowest BCUT2D eigenvalue weighted by Crippen LogP contribution is -2.22. The molecule has 0 saturated carbocycles. The van der Waals surface area contributed by atoms with Crippen molar-refractivity contribution in [3.05, 3.63) is 16.9 Å². The highest BCUT2D eigenvalue weighted by Crippen LogP contribution is 2.07. The Hall–Kier alpha value is -0.680. The first-order valence-electron chi connectivity index (χ1n) is 3.95. The van der Waals surface area contributed by atoms with Gasteiger partial charge in [0.25, 0.3) is 0 Å². The van der Waals surface area contributed by atoms with Crippen molar-refractivity contribution in [2.45, 2.75) is 13.0 Å². The summed E-state index contributed by atoms with van der Waals surface area (Å²) in [6.07, 6.45) is 3.41. The van der Waals surface area contributed by atoms with Gasteiger partial charge in [-0.25, -0.2) is 9.97 Å². The SMILES string of the molecule is COCC(C)Nc1ncc(Br)cn1. The van der Waals surface area contributed by atoms with Crippen LogP contribution in [0.4, 0.5) is 5.95 Å². The van der Waals surface area contributed by atoms with Crippen LogP contribution in [0.3, 0.4) is 0 Å². The number of ether oxygens (including phenoxy) is 1. The summed E-state index contributed by atoms with van der Waals surface area (Å²) in [6, 6.07) is 0.214. The molecule has 4 nitrogen and oxygen atoms in total. The third-order valence-electron chi connectivity index (χ3n) is 1.41. The van der Waals surface area contributed by atoms with Crippen molar-refractivity contribution in [1.29, 1.82) is 0 Å². The molecule has 1 heterocycles. The van der Waals surface area contributed by atoms with Gasteiger partial charge in [-0.1, -0.05) is 0 Å². The zero-order valence-corrected chi connectivity index (χ0v) is 9.21. The van der Waals surface area contributed by atoms with Gasteiger partial charge in [0.2, 0.25) is 5.95 Å². The lowest BCUT2D eigenvalue weighted by molar-refractivity contribution is 0.190. The Kier molecular flexibility index (Phi) is 4.11. The van der Waals surface area contributed by atoms with Crippen molar-refractivity contribution in [2.75, 3.05) is 19.0 Å². The van der Waals surface area contributed by atoms with Crippen molar-refractivity contribution in [1.82, 2.24) is 9.97 Å². The summed E-state index contributed by atoms with van der Waals surface area (Å²) in [5.74, 6) is 0.618. The van der Waals surface area contributed by atoms with Crippen LogP contribution in [-0.4, -0.2) is 29.7 Å². The van der Waals surface area contributed by atoms with Crippen molar-refractivity contribution in [3.63, 3.8) is 0 Å². The first-order chi connectivity index (χ1) is 6.22. The molecule has 1 N–H and O–H groups in total. The zero-order valence-electron chi connectivity index (χ0n) is 7.62. The molecule has 0 aromatic carbocycles. The average Bonchev–Trinajstić information content (AvgIpc) is 2.09. The Morgan fingerprint density at radius 2 is 2.15 bits per heavy atom. The molecule has 0 radical (unpaired) electrons. The molecule has 1 unspecified atom stereocenters. The molecule has 0 aliphatic rings. The molecular weight excluding hydrogens is 234 g/mol. The van der Waals surface area contributed by atoms with E-state index in [1.54, 1.807) is 19.5 Å². The lowest BCUT2D eigenvalue weighted by atomic mass is 10.4. The van der Waals surface area contributed by atoms with Crippen molar-refractivity contribution < 1.29 is 4.74 Å². The van der Waals surface area contributed by atoms with Crippen LogP contribution in [0.15, 0.2) is 16.9 Å². The molecule has 5 heteroatoms. The maximum absolute atomic E-state index is 4.97. The molecule has 0 aliphatic heterocycles. The number of anilines is 1. The topological polar surface area (TPSA) is 47.0 Å². The Morgan fingerprint density at radius 3 is 2.69 bits per heavy atom. The number of nitrogens with zero attached hydrogens (tertiary/aromatic N) is 2. The Labute approximate surface area is 85.9 Å². The molecule has 13 heavy (non-hydrogen) atoms. The second-order valence-corrected chi connectivity index (χ2v) is 3.64. The summed E-state index contributed by atoms with van der Waals surface area (Å²) in [5.41, 5.74) is 0. The number of aromatic nitrogens is 2. The summed E-state index contributed by atoms with van der Waals surface area (Å²) in [5, 5.41) is 3.10.